The van der Waals surface area contributed by atoms with E-state index in [9.17, 15) is 0 Å². The summed E-state index contributed by atoms with van der Waals surface area (Å²) in [6.07, 6.45) is 0. The summed E-state index contributed by atoms with van der Waals surface area (Å²) in [7, 11) is 0. The highest BCUT2D eigenvalue weighted by molar-refractivity contribution is 6.13. The highest BCUT2D eigenvalue weighted by Crippen LogP contribution is 2.52. The van der Waals surface area contributed by atoms with Crippen LogP contribution in [0.15, 0.2) is 199 Å². The molecule has 0 unspecified atom stereocenters. The van der Waals surface area contributed by atoms with Gasteiger partial charge in [0, 0.05) is 49.7 Å². The van der Waals surface area contributed by atoms with Crippen molar-refractivity contribution in [3.05, 3.63) is 205 Å². The van der Waals surface area contributed by atoms with Crippen LogP contribution in [-0.2, 0) is 5.41 Å². The minimum absolute atomic E-state index is 0.240. The molecule has 2 heterocycles. The van der Waals surface area contributed by atoms with Crippen molar-refractivity contribution in [1.82, 2.24) is 4.57 Å². The molecule has 9 aromatic carbocycles. The van der Waals surface area contributed by atoms with Crippen LogP contribution in [0.2, 0.25) is 0 Å². The largest absolute Gasteiger partial charge is 0.456 e. The Hall–Kier alpha value is -7.36. The number of hydrogen-bond donors (Lipinski definition) is 0. The van der Waals surface area contributed by atoms with Gasteiger partial charge in [-0.3, -0.25) is 0 Å². The number of nitrogens with zero attached hydrogens (tertiary/aromatic N) is 2. The Bertz CT molecular complexity index is 3420. The summed E-state index contributed by atoms with van der Waals surface area (Å²) in [5.74, 6) is 0. The van der Waals surface area contributed by atoms with Crippen molar-refractivity contribution < 1.29 is 4.42 Å². The molecule has 0 fully saturated rings. The Balaban J connectivity index is 1.00. The SMILES string of the molecule is CC1(C)c2cc(N(c3ccc(-c4ccccc4)cc3)c3ccc4oc5ccccc5c4c3)ccc2-c2ccc(-n3c4ccccc4c4cc5ccccc5cc43)cc21. The second kappa shape index (κ2) is 12.3. The average molecular weight is 743 g/mol. The lowest BCUT2D eigenvalue weighted by molar-refractivity contribution is 0.660. The van der Waals surface area contributed by atoms with Crippen LogP contribution in [0.4, 0.5) is 17.1 Å². The van der Waals surface area contributed by atoms with E-state index in [2.05, 4.69) is 205 Å². The Morgan fingerprint density at radius 1 is 0.414 bits per heavy atom. The van der Waals surface area contributed by atoms with Crippen molar-refractivity contribution in [3.63, 3.8) is 0 Å². The Morgan fingerprint density at radius 3 is 1.84 bits per heavy atom. The summed E-state index contributed by atoms with van der Waals surface area (Å²) in [5.41, 5.74) is 16.1. The van der Waals surface area contributed by atoms with E-state index in [1.807, 2.05) is 12.1 Å². The second-order valence-electron chi connectivity index (χ2n) is 16.2. The molecule has 0 amide bonds. The van der Waals surface area contributed by atoms with E-state index in [1.54, 1.807) is 0 Å². The first-order valence-corrected chi connectivity index (χ1v) is 20.1. The third-order valence-electron chi connectivity index (χ3n) is 12.6. The molecule has 3 nitrogen and oxygen atoms in total. The minimum atomic E-state index is -0.240. The maximum atomic E-state index is 6.27. The first kappa shape index (κ1) is 32.8. The summed E-state index contributed by atoms with van der Waals surface area (Å²) >= 11 is 0. The number of furan rings is 1. The minimum Gasteiger partial charge on any atom is -0.456 e. The number of hydrogen-bond acceptors (Lipinski definition) is 2. The Labute approximate surface area is 336 Å². The zero-order valence-corrected chi connectivity index (χ0v) is 32.3. The number of aromatic nitrogens is 1. The van der Waals surface area contributed by atoms with Crippen molar-refractivity contribution in [1.29, 1.82) is 0 Å². The fraction of sp³-hybridized carbons (Fsp3) is 0.0545. The van der Waals surface area contributed by atoms with Crippen LogP contribution in [0.3, 0.4) is 0 Å². The van der Waals surface area contributed by atoms with Crippen LogP contribution in [-0.4, -0.2) is 4.57 Å². The van der Waals surface area contributed by atoms with Crippen LogP contribution in [0.25, 0.3) is 82.5 Å². The van der Waals surface area contributed by atoms with Gasteiger partial charge in [0.05, 0.1) is 11.0 Å². The van der Waals surface area contributed by atoms with Gasteiger partial charge in [-0.2, -0.15) is 0 Å². The summed E-state index contributed by atoms with van der Waals surface area (Å²) in [4.78, 5) is 2.39. The molecule has 1 aliphatic carbocycles. The molecule has 0 spiro atoms. The molecule has 58 heavy (non-hydrogen) atoms. The van der Waals surface area contributed by atoms with Crippen LogP contribution in [0, 0.1) is 0 Å². The maximum absolute atomic E-state index is 6.27. The molecule has 0 bridgehead atoms. The van der Waals surface area contributed by atoms with Crippen molar-refractivity contribution in [2.75, 3.05) is 4.90 Å². The van der Waals surface area contributed by atoms with Gasteiger partial charge in [-0.15, -0.1) is 0 Å². The fourth-order valence-corrected chi connectivity index (χ4v) is 9.66. The van der Waals surface area contributed by atoms with Crippen molar-refractivity contribution in [2.45, 2.75) is 19.3 Å². The zero-order chi connectivity index (χ0) is 38.5. The standard InChI is InChI=1S/C55H38N2O/c1-55(2)49-33-41(56(39-22-20-36(21-23-39)35-12-4-3-5-13-35)40-26-29-54-48(32-40)46-17-9-11-19-53(46)58-54)24-27-43(49)44-28-25-42(34-50(44)55)57-51-18-10-8-16-45(51)47-30-37-14-6-7-15-38(37)31-52(47)57/h3-34H,1-2H3. The van der Waals surface area contributed by atoms with Gasteiger partial charge in [-0.25, -0.2) is 0 Å². The third-order valence-corrected chi connectivity index (χ3v) is 12.6. The van der Waals surface area contributed by atoms with Gasteiger partial charge >= 0.3 is 0 Å². The predicted octanol–water partition coefficient (Wildman–Crippen LogP) is 15.3. The highest BCUT2D eigenvalue weighted by atomic mass is 16.3. The summed E-state index contributed by atoms with van der Waals surface area (Å²) in [6.45, 7) is 4.76. The van der Waals surface area contributed by atoms with Crippen LogP contribution in [0.5, 0.6) is 0 Å². The van der Waals surface area contributed by atoms with Gasteiger partial charge in [0.1, 0.15) is 11.2 Å². The molecule has 274 valence electrons. The molecular formula is C55H38N2O. The quantitative estimate of drug-likeness (QED) is 0.175. The average Bonchev–Trinajstić information content (AvgIpc) is 3.88. The number of anilines is 3. The first-order valence-electron chi connectivity index (χ1n) is 20.1. The van der Waals surface area contributed by atoms with Crippen LogP contribution in [0.1, 0.15) is 25.0 Å². The smallest absolute Gasteiger partial charge is 0.135 e. The summed E-state index contributed by atoms with van der Waals surface area (Å²) in [5, 5.41) is 7.29. The van der Waals surface area contributed by atoms with Gasteiger partial charge in [-0.05, 0) is 123 Å². The van der Waals surface area contributed by atoms with Gasteiger partial charge in [0.25, 0.3) is 0 Å². The molecule has 0 saturated carbocycles. The maximum Gasteiger partial charge on any atom is 0.135 e. The van der Waals surface area contributed by atoms with Crippen LogP contribution >= 0.6 is 0 Å². The first-order chi connectivity index (χ1) is 28.5. The number of fused-ring (bicyclic) bond motifs is 10. The van der Waals surface area contributed by atoms with Crippen molar-refractivity contribution in [3.8, 4) is 27.9 Å². The van der Waals surface area contributed by atoms with E-state index in [0.717, 1.165) is 39.0 Å². The molecule has 0 aliphatic heterocycles. The monoisotopic (exact) mass is 742 g/mol. The van der Waals surface area contributed by atoms with Crippen LogP contribution < -0.4 is 4.90 Å². The van der Waals surface area contributed by atoms with E-state index in [4.69, 9.17) is 4.42 Å². The topological polar surface area (TPSA) is 21.3 Å². The molecule has 1 aliphatic rings. The zero-order valence-electron chi connectivity index (χ0n) is 32.3. The van der Waals surface area contributed by atoms with E-state index < -0.39 is 0 Å². The molecule has 3 heteroatoms. The molecule has 0 atom stereocenters. The van der Waals surface area contributed by atoms with Gasteiger partial charge < -0.3 is 13.9 Å². The van der Waals surface area contributed by atoms with E-state index in [-0.39, 0.29) is 5.41 Å². The molecule has 12 rings (SSSR count). The Kier molecular flexibility index (Phi) is 6.98. The molecule has 0 N–H and O–H groups in total. The second-order valence-corrected chi connectivity index (χ2v) is 16.2. The van der Waals surface area contributed by atoms with E-state index >= 15 is 0 Å². The number of benzene rings is 9. The molecule has 0 saturated heterocycles. The lowest BCUT2D eigenvalue weighted by Gasteiger charge is -2.28. The summed E-state index contributed by atoms with van der Waals surface area (Å²) in [6, 6.07) is 70.8. The van der Waals surface area contributed by atoms with Gasteiger partial charge in [-0.1, -0.05) is 129 Å². The molecule has 2 aromatic heterocycles. The Morgan fingerprint density at radius 2 is 1.02 bits per heavy atom. The third kappa shape index (κ3) is 4.86. The number of rotatable bonds is 5. The van der Waals surface area contributed by atoms with Gasteiger partial charge in [0.2, 0.25) is 0 Å². The lowest BCUT2D eigenvalue weighted by Crippen LogP contribution is -2.17. The normalized spacial score (nSPS) is 13.1. The van der Waals surface area contributed by atoms with E-state index in [0.29, 0.717) is 0 Å². The molecule has 11 aromatic rings. The molecular weight excluding hydrogens is 705 g/mol. The molecule has 0 radical (unpaired) electrons. The van der Waals surface area contributed by atoms with E-state index in [1.165, 1.54) is 71.6 Å². The fourth-order valence-electron chi connectivity index (χ4n) is 9.66. The highest BCUT2D eigenvalue weighted by Gasteiger charge is 2.36. The van der Waals surface area contributed by atoms with Gasteiger partial charge in [0.15, 0.2) is 0 Å². The van der Waals surface area contributed by atoms with Crippen molar-refractivity contribution in [2.24, 2.45) is 0 Å². The predicted molar refractivity (Wildman–Crippen MR) is 243 cm³/mol. The number of para-hydroxylation sites is 2. The lowest BCUT2D eigenvalue weighted by atomic mass is 9.82. The van der Waals surface area contributed by atoms with Crippen molar-refractivity contribution >= 4 is 71.6 Å². The summed E-state index contributed by atoms with van der Waals surface area (Å²) < 4.78 is 8.73.